The summed E-state index contributed by atoms with van der Waals surface area (Å²) in [5.41, 5.74) is -0.430. The van der Waals surface area contributed by atoms with Gasteiger partial charge in [0.05, 0.1) is 19.6 Å². The summed E-state index contributed by atoms with van der Waals surface area (Å²) in [6.45, 7) is 3.25. The van der Waals surface area contributed by atoms with Crippen LogP contribution in [0.2, 0.25) is 0 Å². The molecule has 96 valence electrons. The van der Waals surface area contributed by atoms with Gasteiger partial charge in [-0.05, 0) is 19.9 Å². The number of esters is 1. The van der Waals surface area contributed by atoms with E-state index >= 15 is 0 Å². The molecule has 0 aliphatic rings. The van der Waals surface area contributed by atoms with Crippen LogP contribution < -0.4 is 5.32 Å². The van der Waals surface area contributed by atoms with Crippen LogP contribution in [0.4, 0.5) is 4.79 Å². The van der Waals surface area contributed by atoms with E-state index in [1.807, 2.05) is 5.32 Å². The second-order valence-electron chi connectivity index (χ2n) is 3.28. The largest absolute Gasteiger partial charge is 0.477 e. The van der Waals surface area contributed by atoms with E-state index in [1.54, 1.807) is 13.8 Å². The average Bonchev–Trinajstić information content (AvgIpc) is 2.22. The number of alkyl carbamates (subject to hydrolysis) is 1. The van der Waals surface area contributed by atoms with E-state index in [0.29, 0.717) is 0 Å². The van der Waals surface area contributed by atoms with Gasteiger partial charge in [-0.15, -0.1) is 0 Å². The van der Waals surface area contributed by atoms with Crippen LogP contribution in [-0.4, -0.2) is 36.4 Å². The number of hydrogen-bond donors (Lipinski definition) is 2. The van der Waals surface area contributed by atoms with Gasteiger partial charge in [-0.2, -0.15) is 0 Å². The van der Waals surface area contributed by atoms with Crippen LogP contribution >= 0.6 is 0 Å². The highest BCUT2D eigenvalue weighted by Crippen LogP contribution is 1.97. The minimum atomic E-state index is -1.37. The quantitative estimate of drug-likeness (QED) is 0.544. The smallest absolute Gasteiger partial charge is 0.412 e. The number of carboxylic acids is 1. The van der Waals surface area contributed by atoms with Crippen molar-refractivity contribution in [3.63, 3.8) is 0 Å². The zero-order chi connectivity index (χ0) is 13.4. The highest BCUT2D eigenvalue weighted by Gasteiger charge is 2.13. The molecule has 0 fully saturated rings. The van der Waals surface area contributed by atoms with E-state index < -0.39 is 23.7 Å². The Balaban J connectivity index is 4.49. The third-order valence-corrected chi connectivity index (χ3v) is 1.51. The Morgan fingerprint density at radius 1 is 1.35 bits per heavy atom. The van der Waals surface area contributed by atoms with E-state index in [2.05, 4.69) is 4.74 Å². The summed E-state index contributed by atoms with van der Waals surface area (Å²) < 4.78 is 9.02. The lowest BCUT2D eigenvalue weighted by molar-refractivity contribution is -0.139. The van der Waals surface area contributed by atoms with Crippen LogP contribution in [0.25, 0.3) is 0 Å². The molecule has 0 unspecified atom stereocenters. The molecular formula is C10H15NO6. The maximum Gasteiger partial charge on any atom is 0.412 e. The number of methoxy groups -OCH3 is 1. The lowest BCUT2D eigenvalue weighted by Gasteiger charge is -2.09. The second-order valence-corrected chi connectivity index (χ2v) is 3.28. The van der Waals surface area contributed by atoms with E-state index in [-0.39, 0.29) is 12.5 Å². The van der Waals surface area contributed by atoms with Crippen molar-refractivity contribution in [2.75, 3.05) is 7.11 Å². The number of ether oxygens (including phenoxy) is 2. The van der Waals surface area contributed by atoms with Gasteiger partial charge in [0.15, 0.2) is 0 Å². The summed E-state index contributed by atoms with van der Waals surface area (Å²) in [6.07, 6.45) is -0.472. The van der Waals surface area contributed by atoms with Crippen molar-refractivity contribution in [1.29, 1.82) is 0 Å². The van der Waals surface area contributed by atoms with Gasteiger partial charge in [-0.3, -0.25) is 10.1 Å². The molecule has 0 heterocycles. The molecule has 0 aromatic heterocycles. The Labute approximate surface area is 98.4 Å². The number of rotatable bonds is 5. The number of carboxylic acid groups (broad SMARTS) is 1. The van der Waals surface area contributed by atoms with Gasteiger partial charge in [0.1, 0.15) is 5.70 Å². The Bertz CT molecular complexity index is 334. The zero-order valence-electron chi connectivity index (χ0n) is 9.85. The Kier molecular flexibility index (Phi) is 6.39. The van der Waals surface area contributed by atoms with Crippen molar-refractivity contribution >= 4 is 18.0 Å². The molecule has 7 nitrogen and oxygen atoms in total. The number of amides is 1. The van der Waals surface area contributed by atoms with Gasteiger partial charge >= 0.3 is 18.0 Å². The molecule has 17 heavy (non-hydrogen) atoms. The highest BCUT2D eigenvalue weighted by atomic mass is 16.6. The fourth-order valence-corrected chi connectivity index (χ4v) is 0.814. The molecule has 0 atom stereocenters. The van der Waals surface area contributed by atoms with Crippen molar-refractivity contribution < 1.29 is 29.0 Å². The summed E-state index contributed by atoms with van der Waals surface area (Å²) in [7, 11) is 1.18. The summed E-state index contributed by atoms with van der Waals surface area (Å²) >= 11 is 0. The molecule has 1 amide bonds. The van der Waals surface area contributed by atoms with Crippen LogP contribution in [0.1, 0.15) is 20.3 Å². The zero-order valence-corrected chi connectivity index (χ0v) is 9.85. The third kappa shape index (κ3) is 6.93. The molecule has 7 heteroatoms. The fourth-order valence-electron chi connectivity index (χ4n) is 0.814. The maximum atomic E-state index is 11.1. The van der Waals surface area contributed by atoms with Crippen LogP contribution in [0, 0.1) is 0 Å². The molecule has 2 N–H and O–H groups in total. The second kappa shape index (κ2) is 7.26. The predicted molar refractivity (Wildman–Crippen MR) is 57.1 cm³/mol. The van der Waals surface area contributed by atoms with Crippen molar-refractivity contribution in [3.8, 4) is 0 Å². The van der Waals surface area contributed by atoms with Crippen molar-refractivity contribution in [1.82, 2.24) is 5.32 Å². The molecule has 0 radical (unpaired) electrons. The molecule has 0 spiro atoms. The molecule has 0 saturated carbocycles. The average molecular weight is 245 g/mol. The topological polar surface area (TPSA) is 102 Å². The molecule has 0 aliphatic carbocycles. The number of carbonyl (C=O) groups excluding carboxylic acids is 2. The summed E-state index contributed by atoms with van der Waals surface area (Å²) in [5, 5.41) is 10.8. The number of aliphatic carboxylic acids is 1. The van der Waals surface area contributed by atoms with Gasteiger partial charge in [-0.1, -0.05) is 0 Å². The predicted octanol–water partition coefficient (Wildman–Crippen LogP) is 0.653. The lowest BCUT2D eigenvalue weighted by Crippen LogP contribution is -2.30. The molecule has 0 rings (SSSR count). The van der Waals surface area contributed by atoms with Crippen molar-refractivity contribution in [2.24, 2.45) is 0 Å². The number of nitrogens with one attached hydrogen (secondary N) is 1. The molecular weight excluding hydrogens is 230 g/mol. The van der Waals surface area contributed by atoms with Crippen molar-refractivity contribution in [3.05, 3.63) is 11.8 Å². The monoisotopic (exact) mass is 245 g/mol. The van der Waals surface area contributed by atoms with E-state index in [4.69, 9.17) is 9.84 Å². The lowest BCUT2D eigenvalue weighted by atomic mass is 10.3. The van der Waals surface area contributed by atoms with Gasteiger partial charge < -0.3 is 14.6 Å². The number of hydrogen-bond acceptors (Lipinski definition) is 5. The normalized spacial score (nSPS) is 10.9. The molecule has 0 aromatic carbocycles. The standard InChI is InChI=1S/C10H15NO6/c1-6(2)17-10(15)11-7(9(13)14)4-5-8(12)16-3/h4,6H,5H2,1-3H3,(H,11,15)(H,13,14)/b7-4+. The Morgan fingerprint density at radius 3 is 2.35 bits per heavy atom. The molecule has 0 aliphatic heterocycles. The highest BCUT2D eigenvalue weighted by molar-refractivity contribution is 5.91. The SMILES string of the molecule is COC(=O)C/C=C(/NC(=O)OC(C)C)C(=O)O. The summed E-state index contributed by atoms with van der Waals surface area (Å²) in [4.78, 5) is 32.7. The van der Waals surface area contributed by atoms with Crippen LogP contribution in [0.3, 0.4) is 0 Å². The first-order valence-corrected chi connectivity index (χ1v) is 4.84. The van der Waals surface area contributed by atoms with Crippen LogP contribution in [0.15, 0.2) is 11.8 Å². The van der Waals surface area contributed by atoms with Crippen molar-refractivity contribution in [2.45, 2.75) is 26.4 Å². The van der Waals surface area contributed by atoms with E-state index in [1.165, 1.54) is 7.11 Å². The molecule has 0 saturated heterocycles. The van der Waals surface area contributed by atoms with Gasteiger partial charge in [-0.25, -0.2) is 9.59 Å². The first kappa shape index (κ1) is 14.9. The minimum Gasteiger partial charge on any atom is -0.477 e. The first-order chi connectivity index (χ1) is 7.86. The van der Waals surface area contributed by atoms with Crippen LogP contribution in [-0.2, 0) is 19.1 Å². The molecule has 0 aromatic rings. The first-order valence-electron chi connectivity index (χ1n) is 4.84. The maximum absolute atomic E-state index is 11.1. The van der Waals surface area contributed by atoms with E-state index in [0.717, 1.165) is 6.08 Å². The third-order valence-electron chi connectivity index (χ3n) is 1.51. The fraction of sp³-hybridized carbons (Fsp3) is 0.500. The Morgan fingerprint density at radius 2 is 1.94 bits per heavy atom. The number of carbonyl (C=O) groups is 3. The van der Waals surface area contributed by atoms with Crippen LogP contribution in [0.5, 0.6) is 0 Å². The molecule has 0 bridgehead atoms. The Hall–Kier alpha value is -2.05. The van der Waals surface area contributed by atoms with Gasteiger partial charge in [0.2, 0.25) is 0 Å². The minimum absolute atomic E-state index is 0.250. The summed E-state index contributed by atoms with van der Waals surface area (Å²) in [6, 6.07) is 0. The van der Waals surface area contributed by atoms with E-state index in [9.17, 15) is 14.4 Å². The van der Waals surface area contributed by atoms with Gasteiger partial charge in [0, 0.05) is 0 Å². The summed E-state index contributed by atoms with van der Waals surface area (Å²) in [5.74, 6) is -1.97. The van der Waals surface area contributed by atoms with Gasteiger partial charge in [0.25, 0.3) is 0 Å².